The fourth-order valence-electron chi connectivity index (χ4n) is 4.12. The second-order valence-electron chi connectivity index (χ2n) is 7.88. The van der Waals surface area contributed by atoms with E-state index in [1.807, 2.05) is 6.07 Å². The highest BCUT2D eigenvalue weighted by Gasteiger charge is 2.22. The lowest BCUT2D eigenvalue weighted by Crippen LogP contribution is -2.37. The zero-order valence-electron chi connectivity index (χ0n) is 15.9. The van der Waals surface area contributed by atoms with E-state index in [4.69, 9.17) is 0 Å². The molecule has 27 heavy (non-hydrogen) atoms. The van der Waals surface area contributed by atoms with Crippen molar-refractivity contribution >= 4 is 0 Å². The molecule has 7 heteroatoms. The third-order valence-corrected chi connectivity index (χ3v) is 5.83. The maximum Gasteiger partial charge on any atom is 0.347 e. The zero-order valence-corrected chi connectivity index (χ0v) is 15.9. The number of likely N-dealkylation sites (tertiary alicyclic amines) is 1. The topological polar surface area (TPSA) is 73.0 Å². The molecular formula is C20H27N5O2. The Labute approximate surface area is 158 Å². The van der Waals surface area contributed by atoms with Gasteiger partial charge in [0.2, 0.25) is 0 Å². The third kappa shape index (κ3) is 4.18. The van der Waals surface area contributed by atoms with Crippen LogP contribution in [0.1, 0.15) is 42.6 Å². The van der Waals surface area contributed by atoms with Crippen LogP contribution < -0.4 is 11.2 Å². The van der Waals surface area contributed by atoms with Gasteiger partial charge in [-0.15, -0.1) is 0 Å². The standard InChI is InChI=1S/C20H27N5O2/c1-23-9-8-17(21-20(23)27)14-24-10-6-15(7-11-24)13-25-19(26)12-16-4-2-3-5-18(16)22-25/h8-9,12,15H,2-7,10-11,13-14H2,1H3. The van der Waals surface area contributed by atoms with Crippen molar-refractivity contribution in [3.63, 3.8) is 0 Å². The van der Waals surface area contributed by atoms with Crippen LogP contribution in [-0.4, -0.2) is 37.3 Å². The molecule has 0 spiro atoms. The van der Waals surface area contributed by atoms with Gasteiger partial charge in [0.15, 0.2) is 0 Å². The van der Waals surface area contributed by atoms with E-state index >= 15 is 0 Å². The Kier molecular flexibility index (Phi) is 5.20. The zero-order chi connectivity index (χ0) is 18.8. The summed E-state index contributed by atoms with van der Waals surface area (Å²) in [7, 11) is 1.71. The second kappa shape index (κ2) is 7.76. The Morgan fingerprint density at radius 2 is 1.93 bits per heavy atom. The number of rotatable bonds is 4. The molecule has 3 heterocycles. The molecule has 7 nitrogen and oxygen atoms in total. The van der Waals surface area contributed by atoms with Crippen molar-refractivity contribution in [3.05, 3.63) is 56.1 Å². The minimum atomic E-state index is -0.208. The third-order valence-electron chi connectivity index (χ3n) is 5.83. The first-order valence-corrected chi connectivity index (χ1v) is 9.93. The molecule has 0 unspecified atom stereocenters. The molecule has 0 aromatic carbocycles. The molecule has 1 fully saturated rings. The molecule has 0 N–H and O–H groups in total. The van der Waals surface area contributed by atoms with Crippen LogP contribution in [0.3, 0.4) is 0 Å². The Hall–Kier alpha value is -2.28. The summed E-state index contributed by atoms with van der Waals surface area (Å²) in [5.41, 5.74) is 2.93. The summed E-state index contributed by atoms with van der Waals surface area (Å²) in [5.74, 6) is 0.477. The SMILES string of the molecule is Cn1ccc(CN2CCC(Cn3nc4c(cc3=O)CCCC4)CC2)nc1=O. The van der Waals surface area contributed by atoms with Gasteiger partial charge in [-0.3, -0.25) is 9.69 Å². The average molecular weight is 369 g/mol. The van der Waals surface area contributed by atoms with Crippen LogP contribution in [0.15, 0.2) is 27.9 Å². The molecule has 2 aliphatic rings. The van der Waals surface area contributed by atoms with Crippen molar-refractivity contribution in [2.45, 2.75) is 51.6 Å². The normalized spacial score (nSPS) is 18.4. The summed E-state index contributed by atoms with van der Waals surface area (Å²) >= 11 is 0. The van der Waals surface area contributed by atoms with Crippen molar-refractivity contribution in [3.8, 4) is 0 Å². The van der Waals surface area contributed by atoms with E-state index in [2.05, 4.69) is 15.0 Å². The van der Waals surface area contributed by atoms with Gasteiger partial charge < -0.3 is 4.57 Å². The number of aromatic nitrogens is 4. The van der Waals surface area contributed by atoms with Gasteiger partial charge in [-0.1, -0.05) is 0 Å². The van der Waals surface area contributed by atoms with Crippen LogP contribution in [0.25, 0.3) is 0 Å². The lowest BCUT2D eigenvalue weighted by atomic mass is 9.95. The summed E-state index contributed by atoms with van der Waals surface area (Å²) in [6.45, 7) is 3.34. The Bertz CT molecular complexity index is 925. The minimum Gasteiger partial charge on any atom is -0.302 e. The summed E-state index contributed by atoms with van der Waals surface area (Å²) in [4.78, 5) is 30.5. The van der Waals surface area contributed by atoms with Gasteiger partial charge in [0.05, 0.1) is 11.4 Å². The van der Waals surface area contributed by atoms with Gasteiger partial charge in [-0.25, -0.2) is 9.48 Å². The molecule has 1 aliphatic carbocycles. The number of hydrogen-bond donors (Lipinski definition) is 0. The molecule has 0 bridgehead atoms. The van der Waals surface area contributed by atoms with Gasteiger partial charge in [0.25, 0.3) is 5.56 Å². The fourth-order valence-corrected chi connectivity index (χ4v) is 4.12. The molecule has 2 aromatic rings. The lowest BCUT2D eigenvalue weighted by molar-refractivity contribution is 0.161. The summed E-state index contributed by atoms with van der Waals surface area (Å²) < 4.78 is 3.17. The van der Waals surface area contributed by atoms with E-state index in [1.54, 1.807) is 24.0 Å². The molecule has 1 aliphatic heterocycles. The predicted molar refractivity (Wildman–Crippen MR) is 103 cm³/mol. The summed E-state index contributed by atoms with van der Waals surface area (Å²) in [5, 5.41) is 4.66. The van der Waals surface area contributed by atoms with Gasteiger partial charge >= 0.3 is 5.69 Å². The Morgan fingerprint density at radius 3 is 2.70 bits per heavy atom. The van der Waals surface area contributed by atoms with Crippen LogP contribution >= 0.6 is 0 Å². The highest BCUT2D eigenvalue weighted by atomic mass is 16.1. The van der Waals surface area contributed by atoms with Crippen molar-refractivity contribution in [1.29, 1.82) is 0 Å². The molecule has 4 rings (SSSR count). The van der Waals surface area contributed by atoms with E-state index in [0.717, 1.165) is 55.7 Å². The molecule has 1 saturated heterocycles. The van der Waals surface area contributed by atoms with Crippen LogP contribution in [0.5, 0.6) is 0 Å². The fraction of sp³-hybridized carbons (Fsp3) is 0.600. The van der Waals surface area contributed by atoms with Crippen LogP contribution in [0.2, 0.25) is 0 Å². The van der Waals surface area contributed by atoms with Crippen LogP contribution in [0.4, 0.5) is 0 Å². The highest BCUT2D eigenvalue weighted by Crippen LogP contribution is 2.21. The monoisotopic (exact) mass is 369 g/mol. The van der Waals surface area contributed by atoms with E-state index in [0.29, 0.717) is 19.0 Å². The Balaban J connectivity index is 1.35. The molecule has 2 aromatic heterocycles. The average Bonchev–Trinajstić information content (AvgIpc) is 2.67. The van der Waals surface area contributed by atoms with Crippen molar-refractivity contribution in [1.82, 2.24) is 24.2 Å². The maximum absolute atomic E-state index is 12.4. The lowest BCUT2D eigenvalue weighted by Gasteiger charge is -2.31. The predicted octanol–water partition coefficient (Wildman–Crippen LogP) is 1.13. The number of piperidine rings is 1. The van der Waals surface area contributed by atoms with Crippen molar-refractivity contribution < 1.29 is 0 Å². The molecule has 0 atom stereocenters. The van der Waals surface area contributed by atoms with Gasteiger partial charge in [-0.05, 0) is 69.2 Å². The van der Waals surface area contributed by atoms with E-state index in [9.17, 15) is 9.59 Å². The molecule has 144 valence electrons. The van der Waals surface area contributed by atoms with Crippen LogP contribution in [0, 0.1) is 5.92 Å². The van der Waals surface area contributed by atoms with Crippen molar-refractivity contribution in [2.24, 2.45) is 13.0 Å². The summed E-state index contributed by atoms with van der Waals surface area (Å²) in [6.07, 6.45) is 8.18. The number of fused-ring (bicyclic) bond motifs is 1. The quantitative estimate of drug-likeness (QED) is 0.808. The van der Waals surface area contributed by atoms with Gasteiger partial charge in [-0.2, -0.15) is 10.1 Å². The first-order chi connectivity index (χ1) is 13.1. The molecule has 0 saturated carbocycles. The van der Waals surface area contributed by atoms with Gasteiger partial charge in [0, 0.05) is 32.4 Å². The minimum absolute atomic E-state index is 0.0439. The number of hydrogen-bond acceptors (Lipinski definition) is 5. The number of aryl methyl sites for hydroxylation is 3. The molecule has 0 radical (unpaired) electrons. The molecule has 0 amide bonds. The largest absolute Gasteiger partial charge is 0.347 e. The van der Waals surface area contributed by atoms with E-state index in [-0.39, 0.29) is 11.2 Å². The highest BCUT2D eigenvalue weighted by molar-refractivity contribution is 5.20. The first-order valence-electron chi connectivity index (χ1n) is 9.93. The number of nitrogens with zero attached hydrogens (tertiary/aromatic N) is 5. The van der Waals surface area contributed by atoms with Crippen LogP contribution in [-0.2, 0) is 33.0 Å². The smallest absolute Gasteiger partial charge is 0.302 e. The summed E-state index contributed by atoms with van der Waals surface area (Å²) in [6, 6.07) is 3.71. The first kappa shape index (κ1) is 18.1. The Morgan fingerprint density at radius 1 is 1.15 bits per heavy atom. The van der Waals surface area contributed by atoms with E-state index in [1.165, 1.54) is 17.4 Å². The van der Waals surface area contributed by atoms with Gasteiger partial charge in [0.1, 0.15) is 0 Å². The van der Waals surface area contributed by atoms with Crippen molar-refractivity contribution in [2.75, 3.05) is 13.1 Å². The maximum atomic E-state index is 12.4. The molecular weight excluding hydrogens is 342 g/mol. The van der Waals surface area contributed by atoms with E-state index < -0.39 is 0 Å². The second-order valence-corrected chi connectivity index (χ2v) is 7.88.